The van der Waals surface area contributed by atoms with Gasteiger partial charge in [0, 0.05) is 6.07 Å². The topological polar surface area (TPSA) is 42.2 Å². The number of nitriles is 1. The van der Waals surface area contributed by atoms with E-state index in [4.69, 9.17) is 9.47 Å². The molecular weight excluding hydrogens is 286 g/mol. The van der Waals surface area contributed by atoms with Crippen molar-refractivity contribution in [1.29, 1.82) is 5.26 Å². The third-order valence-electron chi connectivity index (χ3n) is 3.91. The van der Waals surface area contributed by atoms with Crippen LogP contribution in [0.1, 0.15) is 35.4 Å². The standard InChI is InChI=1S/C20H23NO2/c1-15-9-10-16(2)20(12-15)17(14-21)6-5-11-23-19-8-4-7-18(13-19)22-3/h4,7-10,12-13,17H,5-6,11H2,1-3H3. The largest absolute Gasteiger partial charge is 0.497 e. The molecule has 0 bridgehead atoms. The first-order valence-electron chi connectivity index (χ1n) is 7.87. The Morgan fingerprint density at radius 3 is 2.61 bits per heavy atom. The lowest BCUT2D eigenvalue weighted by atomic mass is 9.91. The summed E-state index contributed by atoms with van der Waals surface area (Å²) in [7, 11) is 1.64. The van der Waals surface area contributed by atoms with Gasteiger partial charge in [-0.1, -0.05) is 29.8 Å². The first-order chi connectivity index (χ1) is 11.1. The normalized spacial score (nSPS) is 11.6. The summed E-state index contributed by atoms with van der Waals surface area (Å²) in [5.41, 5.74) is 3.50. The second-order valence-corrected chi connectivity index (χ2v) is 5.71. The van der Waals surface area contributed by atoms with Gasteiger partial charge < -0.3 is 9.47 Å². The lowest BCUT2D eigenvalue weighted by molar-refractivity contribution is 0.302. The lowest BCUT2D eigenvalue weighted by Gasteiger charge is -2.14. The first-order valence-corrected chi connectivity index (χ1v) is 7.87. The van der Waals surface area contributed by atoms with E-state index in [1.807, 2.05) is 24.3 Å². The van der Waals surface area contributed by atoms with Crippen LogP contribution in [0.3, 0.4) is 0 Å². The molecule has 2 rings (SSSR count). The Hall–Kier alpha value is -2.47. The second-order valence-electron chi connectivity index (χ2n) is 5.71. The van der Waals surface area contributed by atoms with E-state index in [9.17, 15) is 5.26 Å². The van der Waals surface area contributed by atoms with Crippen molar-refractivity contribution in [2.24, 2.45) is 0 Å². The van der Waals surface area contributed by atoms with Gasteiger partial charge in [-0.3, -0.25) is 0 Å². The molecule has 1 atom stereocenters. The number of hydrogen-bond donors (Lipinski definition) is 0. The maximum absolute atomic E-state index is 9.47. The molecule has 120 valence electrons. The minimum atomic E-state index is -0.0798. The fourth-order valence-electron chi connectivity index (χ4n) is 2.59. The van der Waals surface area contributed by atoms with Crippen LogP contribution >= 0.6 is 0 Å². The molecule has 0 aliphatic carbocycles. The van der Waals surface area contributed by atoms with Crippen LogP contribution in [0.5, 0.6) is 11.5 Å². The van der Waals surface area contributed by atoms with E-state index in [0.29, 0.717) is 6.61 Å². The Labute approximate surface area is 138 Å². The van der Waals surface area contributed by atoms with E-state index in [-0.39, 0.29) is 5.92 Å². The third-order valence-corrected chi connectivity index (χ3v) is 3.91. The molecule has 3 heteroatoms. The zero-order chi connectivity index (χ0) is 16.7. The van der Waals surface area contributed by atoms with Crippen molar-refractivity contribution in [2.75, 3.05) is 13.7 Å². The fourth-order valence-corrected chi connectivity index (χ4v) is 2.59. The van der Waals surface area contributed by atoms with Crippen LogP contribution in [0.2, 0.25) is 0 Å². The Morgan fingerprint density at radius 2 is 1.87 bits per heavy atom. The molecule has 2 aromatic carbocycles. The average molecular weight is 309 g/mol. The van der Waals surface area contributed by atoms with Crippen molar-refractivity contribution in [3.05, 3.63) is 59.2 Å². The molecule has 3 nitrogen and oxygen atoms in total. The van der Waals surface area contributed by atoms with Gasteiger partial charge in [0.15, 0.2) is 0 Å². The number of nitrogens with zero attached hydrogens (tertiary/aromatic N) is 1. The molecule has 0 heterocycles. The molecule has 0 spiro atoms. The molecular formula is C20H23NO2. The third kappa shape index (κ3) is 4.75. The highest BCUT2D eigenvalue weighted by Crippen LogP contribution is 2.25. The number of methoxy groups -OCH3 is 1. The van der Waals surface area contributed by atoms with Crippen molar-refractivity contribution in [3.63, 3.8) is 0 Å². The summed E-state index contributed by atoms with van der Waals surface area (Å²) in [5.74, 6) is 1.50. The van der Waals surface area contributed by atoms with Crippen LogP contribution in [0.25, 0.3) is 0 Å². The van der Waals surface area contributed by atoms with E-state index in [1.165, 1.54) is 11.1 Å². The average Bonchev–Trinajstić information content (AvgIpc) is 2.58. The van der Waals surface area contributed by atoms with Crippen molar-refractivity contribution in [2.45, 2.75) is 32.6 Å². The zero-order valence-electron chi connectivity index (χ0n) is 14.0. The molecule has 0 aliphatic heterocycles. The summed E-state index contributed by atoms with van der Waals surface area (Å²) in [6, 6.07) is 16.3. The molecule has 0 aromatic heterocycles. The molecule has 1 unspecified atom stereocenters. The van der Waals surface area contributed by atoms with E-state index < -0.39 is 0 Å². The maximum Gasteiger partial charge on any atom is 0.122 e. The van der Waals surface area contributed by atoms with Gasteiger partial charge in [0.05, 0.1) is 25.7 Å². The smallest absolute Gasteiger partial charge is 0.122 e. The van der Waals surface area contributed by atoms with Gasteiger partial charge in [-0.05, 0) is 49.9 Å². The number of ether oxygens (including phenoxy) is 2. The van der Waals surface area contributed by atoms with E-state index in [0.717, 1.165) is 29.9 Å². The molecule has 0 aliphatic rings. The van der Waals surface area contributed by atoms with Gasteiger partial charge in [0.25, 0.3) is 0 Å². The van der Waals surface area contributed by atoms with Gasteiger partial charge in [-0.25, -0.2) is 0 Å². The summed E-state index contributed by atoms with van der Waals surface area (Å²) in [6.45, 7) is 4.71. The van der Waals surface area contributed by atoms with Crippen molar-refractivity contribution in [3.8, 4) is 17.6 Å². The summed E-state index contributed by atoms with van der Waals surface area (Å²) in [4.78, 5) is 0. The minimum Gasteiger partial charge on any atom is -0.497 e. The van der Waals surface area contributed by atoms with Crippen LogP contribution in [-0.4, -0.2) is 13.7 Å². The SMILES string of the molecule is COc1cccc(OCCCC(C#N)c2cc(C)ccc2C)c1. The number of benzene rings is 2. The number of aryl methyl sites for hydroxylation is 2. The Balaban J connectivity index is 1.89. The Morgan fingerprint density at radius 1 is 1.09 bits per heavy atom. The van der Waals surface area contributed by atoms with Gasteiger partial charge >= 0.3 is 0 Å². The van der Waals surface area contributed by atoms with Gasteiger partial charge in [-0.15, -0.1) is 0 Å². The second kappa shape index (κ2) is 8.24. The zero-order valence-corrected chi connectivity index (χ0v) is 14.0. The molecule has 0 saturated carbocycles. The van der Waals surface area contributed by atoms with Crippen LogP contribution in [0.4, 0.5) is 0 Å². The minimum absolute atomic E-state index is 0.0798. The van der Waals surface area contributed by atoms with Gasteiger partial charge in [0.1, 0.15) is 11.5 Å². The summed E-state index contributed by atoms with van der Waals surface area (Å²) < 4.78 is 10.9. The van der Waals surface area contributed by atoms with E-state index in [1.54, 1.807) is 7.11 Å². The molecule has 0 N–H and O–H groups in total. The quantitative estimate of drug-likeness (QED) is 0.691. The Bertz CT molecular complexity index is 688. The Kier molecular flexibility index (Phi) is 6.05. The highest BCUT2D eigenvalue weighted by Gasteiger charge is 2.13. The van der Waals surface area contributed by atoms with E-state index >= 15 is 0 Å². The molecule has 2 aromatic rings. The monoisotopic (exact) mass is 309 g/mol. The highest BCUT2D eigenvalue weighted by atomic mass is 16.5. The predicted octanol–water partition coefficient (Wildman–Crippen LogP) is 4.78. The predicted molar refractivity (Wildman–Crippen MR) is 92.0 cm³/mol. The number of rotatable bonds is 7. The summed E-state index contributed by atoms with van der Waals surface area (Å²) in [6.07, 6.45) is 1.63. The molecule has 0 fully saturated rings. The molecule has 0 saturated heterocycles. The van der Waals surface area contributed by atoms with Gasteiger partial charge in [-0.2, -0.15) is 5.26 Å². The first kappa shape index (κ1) is 16.9. The van der Waals surface area contributed by atoms with Crippen molar-refractivity contribution < 1.29 is 9.47 Å². The van der Waals surface area contributed by atoms with Crippen molar-refractivity contribution in [1.82, 2.24) is 0 Å². The molecule has 0 amide bonds. The van der Waals surface area contributed by atoms with Crippen LogP contribution in [0, 0.1) is 25.2 Å². The lowest BCUT2D eigenvalue weighted by Crippen LogP contribution is -2.04. The highest BCUT2D eigenvalue weighted by molar-refractivity contribution is 5.36. The fraction of sp³-hybridized carbons (Fsp3) is 0.350. The maximum atomic E-state index is 9.47. The summed E-state index contributed by atoms with van der Waals surface area (Å²) >= 11 is 0. The number of hydrogen-bond acceptors (Lipinski definition) is 3. The van der Waals surface area contributed by atoms with E-state index in [2.05, 4.69) is 38.1 Å². The van der Waals surface area contributed by atoms with Crippen LogP contribution in [0.15, 0.2) is 42.5 Å². The molecule has 0 radical (unpaired) electrons. The van der Waals surface area contributed by atoms with Crippen LogP contribution < -0.4 is 9.47 Å². The summed E-state index contributed by atoms with van der Waals surface area (Å²) in [5, 5.41) is 9.47. The van der Waals surface area contributed by atoms with Gasteiger partial charge in [0.2, 0.25) is 0 Å². The van der Waals surface area contributed by atoms with Crippen molar-refractivity contribution >= 4 is 0 Å². The van der Waals surface area contributed by atoms with Crippen LogP contribution in [-0.2, 0) is 0 Å². The molecule has 23 heavy (non-hydrogen) atoms.